The predicted molar refractivity (Wildman–Crippen MR) is 73.8 cm³/mol. The number of piperidine rings is 1. The van der Waals surface area contributed by atoms with E-state index in [2.05, 4.69) is 11.8 Å². The Hall–Kier alpha value is -2.12. The first kappa shape index (κ1) is 12.9. The summed E-state index contributed by atoms with van der Waals surface area (Å²) in [4.78, 5) is 25.3. The summed E-state index contributed by atoms with van der Waals surface area (Å²) < 4.78 is 0. The zero-order valence-corrected chi connectivity index (χ0v) is 11.2. The third-order valence-corrected chi connectivity index (χ3v) is 3.79. The first-order valence-electron chi connectivity index (χ1n) is 6.71. The van der Waals surface area contributed by atoms with E-state index in [1.54, 1.807) is 6.07 Å². The van der Waals surface area contributed by atoms with E-state index >= 15 is 0 Å². The van der Waals surface area contributed by atoms with Gasteiger partial charge < -0.3 is 5.11 Å². The van der Waals surface area contributed by atoms with Crippen molar-refractivity contribution in [3.8, 4) is 11.8 Å². The molecule has 102 valence electrons. The second kappa shape index (κ2) is 4.77. The molecule has 1 saturated carbocycles. The van der Waals surface area contributed by atoms with Crippen molar-refractivity contribution >= 4 is 17.5 Å². The van der Waals surface area contributed by atoms with E-state index in [0.29, 0.717) is 12.1 Å². The van der Waals surface area contributed by atoms with Crippen LogP contribution in [-0.2, 0) is 9.59 Å². The van der Waals surface area contributed by atoms with Crippen LogP contribution in [-0.4, -0.2) is 23.5 Å². The number of aliphatic hydroxyl groups is 1. The lowest BCUT2D eigenvalue weighted by molar-refractivity contribution is -0.123. The summed E-state index contributed by atoms with van der Waals surface area (Å²) in [5, 5.41) is 8.70. The second-order valence-corrected chi connectivity index (χ2v) is 5.24. The number of amides is 2. The Morgan fingerprint density at radius 2 is 2.00 bits per heavy atom. The number of aryl methyl sites for hydroxylation is 1. The van der Waals surface area contributed by atoms with Crippen LogP contribution >= 0.6 is 0 Å². The Kier molecular flexibility index (Phi) is 3.07. The molecule has 0 spiro atoms. The van der Waals surface area contributed by atoms with Gasteiger partial charge in [-0.2, -0.15) is 0 Å². The molecule has 0 bridgehead atoms. The van der Waals surface area contributed by atoms with Gasteiger partial charge in [-0.1, -0.05) is 11.8 Å². The van der Waals surface area contributed by atoms with Gasteiger partial charge in [-0.15, -0.1) is 0 Å². The van der Waals surface area contributed by atoms with Gasteiger partial charge in [0.2, 0.25) is 11.8 Å². The molecule has 4 heteroatoms. The van der Waals surface area contributed by atoms with E-state index in [1.807, 2.05) is 19.1 Å². The molecule has 4 nitrogen and oxygen atoms in total. The van der Waals surface area contributed by atoms with Crippen molar-refractivity contribution < 1.29 is 14.7 Å². The van der Waals surface area contributed by atoms with Crippen LogP contribution in [0.3, 0.4) is 0 Å². The molecule has 3 rings (SSSR count). The average Bonchev–Trinajstić information content (AvgIpc) is 3.17. The van der Waals surface area contributed by atoms with Crippen LogP contribution in [0.15, 0.2) is 18.2 Å². The lowest BCUT2D eigenvalue weighted by Gasteiger charge is -2.17. The summed E-state index contributed by atoms with van der Waals surface area (Å²) >= 11 is 0. The van der Waals surface area contributed by atoms with Gasteiger partial charge in [-0.05, 0) is 37.1 Å². The Labute approximate surface area is 117 Å². The van der Waals surface area contributed by atoms with Gasteiger partial charge in [-0.25, -0.2) is 0 Å². The van der Waals surface area contributed by atoms with E-state index < -0.39 is 0 Å². The number of carbonyl (C=O) groups is 2. The summed E-state index contributed by atoms with van der Waals surface area (Å²) in [7, 11) is 0. The van der Waals surface area contributed by atoms with Gasteiger partial charge in [0.05, 0.1) is 24.1 Å². The molecule has 1 aromatic rings. The molecular weight excluding hydrogens is 254 g/mol. The molecule has 1 aromatic carbocycles. The minimum atomic E-state index is -0.0770. The number of hydrogen-bond donors (Lipinski definition) is 1. The summed E-state index contributed by atoms with van der Waals surface area (Å²) in [5.74, 6) is 5.54. The van der Waals surface area contributed by atoms with Crippen molar-refractivity contribution in [2.45, 2.75) is 19.8 Å². The van der Waals surface area contributed by atoms with E-state index in [4.69, 9.17) is 5.11 Å². The number of imide groups is 1. The third kappa shape index (κ3) is 2.00. The molecule has 2 aliphatic rings. The van der Waals surface area contributed by atoms with Crippen LogP contribution in [0.5, 0.6) is 0 Å². The number of carbonyl (C=O) groups excluding carboxylic acids is 2. The van der Waals surface area contributed by atoms with Crippen molar-refractivity contribution in [1.29, 1.82) is 0 Å². The van der Waals surface area contributed by atoms with Crippen molar-refractivity contribution in [1.82, 2.24) is 0 Å². The second-order valence-electron chi connectivity index (χ2n) is 5.24. The lowest BCUT2D eigenvalue weighted by Crippen LogP contribution is -2.32. The van der Waals surface area contributed by atoms with E-state index in [1.165, 1.54) is 4.90 Å². The average molecular weight is 269 g/mol. The summed E-state index contributed by atoms with van der Waals surface area (Å²) in [6, 6.07) is 5.40. The first-order chi connectivity index (χ1) is 9.63. The van der Waals surface area contributed by atoms with E-state index in [9.17, 15) is 9.59 Å². The van der Waals surface area contributed by atoms with Crippen molar-refractivity contribution in [2.75, 3.05) is 11.5 Å². The molecule has 2 fully saturated rings. The predicted octanol–water partition coefficient (Wildman–Crippen LogP) is 1.24. The first-order valence-corrected chi connectivity index (χ1v) is 6.71. The molecule has 0 radical (unpaired) electrons. The topological polar surface area (TPSA) is 57.6 Å². The van der Waals surface area contributed by atoms with Gasteiger partial charge in [0, 0.05) is 12.0 Å². The molecule has 2 amide bonds. The highest BCUT2D eigenvalue weighted by atomic mass is 16.2. The lowest BCUT2D eigenvalue weighted by atomic mass is 10.1. The normalized spacial score (nSPS) is 23.4. The highest BCUT2D eigenvalue weighted by Crippen LogP contribution is 2.48. The highest BCUT2D eigenvalue weighted by Gasteiger charge is 2.59. The number of hydrogen-bond acceptors (Lipinski definition) is 3. The third-order valence-electron chi connectivity index (χ3n) is 3.79. The van der Waals surface area contributed by atoms with Gasteiger partial charge in [-0.3, -0.25) is 14.5 Å². The van der Waals surface area contributed by atoms with Crippen LogP contribution in [0, 0.1) is 30.6 Å². The molecule has 2 atom stereocenters. The standard InChI is InChI=1S/C16H15NO3/c1-10-8-12(6-5-11(10)4-2-3-7-18)17-15(19)13-9-14(13)16(17)20/h5-6,8,13-14,18H,3,7,9H2,1H3. The quantitative estimate of drug-likeness (QED) is 0.649. The van der Waals surface area contributed by atoms with E-state index in [-0.39, 0.29) is 30.3 Å². The number of benzene rings is 1. The number of nitrogens with zero attached hydrogens (tertiary/aromatic N) is 1. The molecule has 2 unspecified atom stereocenters. The summed E-state index contributed by atoms with van der Waals surface area (Å²) in [5.41, 5.74) is 2.41. The van der Waals surface area contributed by atoms with Crippen molar-refractivity contribution in [3.05, 3.63) is 29.3 Å². The maximum Gasteiger partial charge on any atom is 0.237 e. The Morgan fingerprint density at radius 1 is 1.30 bits per heavy atom. The molecule has 1 N–H and O–H groups in total. The minimum Gasteiger partial charge on any atom is -0.395 e. The van der Waals surface area contributed by atoms with Crippen LogP contribution in [0.25, 0.3) is 0 Å². The van der Waals surface area contributed by atoms with Gasteiger partial charge in [0.25, 0.3) is 0 Å². The molecular formula is C16H15NO3. The fourth-order valence-corrected chi connectivity index (χ4v) is 2.58. The van der Waals surface area contributed by atoms with Crippen LogP contribution in [0.2, 0.25) is 0 Å². The molecule has 20 heavy (non-hydrogen) atoms. The Balaban J connectivity index is 1.86. The highest BCUT2D eigenvalue weighted by molar-refractivity contribution is 6.24. The fraction of sp³-hybridized carbons (Fsp3) is 0.375. The SMILES string of the molecule is Cc1cc(N2C(=O)C3CC3C2=O)ccc1C#CCCO. The monoisotopic (exact) mass is 269 g/mol. The maximum absolute atomic E-state index is 12.0. The minimum absolute atomic E-state index is 0.0453. The zero-order chi connectivity index (χ0) is 14.3. The number of fused-ring (bicyclic) bond motifs is 1. The van der Waals surface area contributed by atoms with Gasteiger partial charge in [0.15, 0.2) is 0 Å². The van der Waals surface area contributed by atoms with Crippen LogP contribution < -0.4 is 4.90 Å². The van der Waals surface area contributed by atoms with Gasteiger partial charge >= 0.3 is 0 Å². The largest absolute Gasteiger partial charge is 0.395 e. The smallest absolute Gasteiger partial charge is 0.237 e. The van der Waals surface area contributed by atoms with Crippen LogP contribution in [0.4, 0.5) is 5.69 Å². The van der Waals surface area contributed by atoms with Crippen molar-refractivity contribution in [3.63, 3.8) is 0 Å². The maximum atomic E-state index is 12.0. The molecule has 1 aliphatic heterocycles. The Bertz CT molecular complexity index is 633. The Morgan fingerprint density at radius 3 is 2.60 bits per heavy atom. The number of aliphatic hydroxyl groups excluding tert-OH is 1. The van der Waals surface area contributed by atoms with Crippen LogP contribution in [0.1, 0.15) is 24.0 Å². The molecule has 0 aromatic heterocycles. The summed E-state index contributed by atoms with van der Waals surface area (Å²) in [6.07, 6.45) is 1.16. The molecule has 1 saturated heterocycles. The van der Waals surface area contributed by atoms with Crippen molar-refractivity contribution in [2.24, 2.45) is 11.8 Å². The molecule has 1 heterocycles. The molecule has 1 aliphatic carbocycles. The number of anilines is 1. The number of rotatable bonds is 2. The fourth-order valence-electron chi connectivity index (χ4n) is 2.58. The zero-order valence-electron chi connectivity index (χ0n) is 11.2. The van der Waals surface area contributed by atoms with Gasteiger partial charge in [0.1, 0.15) is 0 Å². The van der Waals surface area contributed by atoms with E-state index in [0.717, 1.165) is 17.5 Å². The summed E-state index contributed by atoms with van der Waals surface area (Å²) in [6.45, 7) is 1.95.